The molecule has 2 rings (SSSR count). The Morgan fingerprint density at radius 1 is 1.36 bits per heavy atom. The molecule has 0 spiro atoms. The predicted molar refractivity (Wildman–Crippen MR) is 81.7 cm³/mol. The molecule has 0 saturated heterocycles. The number of benzene rings is 1. The number of rotatable bonds is 5. The van der Waals surface area contributed by atoms with E-state index < -0.39 is 12.0 Å². The quantitative estimate of drug-likeness (QED) is 0.777. The summed E-state index contributed by atoms with van der Waals surface area (Å²) in [6.07, 6.45) is 0. The summed E-state index contributed by atoms with van der Waals surface area (Å²) in [6, 6.07) is 4.35. The lowest BCUT2D eigenvalue weighted by Crippen LogP contribution is -2.31. The molecule has 0 amide bonds. The maximum absolute atomic E-state index is 12.1. The molecule has 0 saturated carbocycles. The fourth-order valence-electron chi connectivity index (χ4n) is 2.07. The number of carbonyl (C=O) groups is 1. The Kier molecular flexibility index (Phi) is 5.39. The highest BCUT2D eigenvalue weighted by Crippen LogP contribution is 2.29. The van der Waals surface area contributed by atoms with Crippen LogP contribution in [0.1, 0.15) is 23.4 Å². The number of esters is 1. The molecule has 0 bridgehead atoms. The van der Waals surface area contributed by atoms with E-state index in [0.717, 1.165) is 0 Å². The van der Waals surface area contributed by atoms with Crippen molar-refractivity contribution < 1.29 is 13.9 Å². The molecular formula is C14H15Cl2N3O3. The van der Waals surface area contributed by atoms with E-state index in [-0.39, 0.29) is 0 Å². The Bertz CT molecular complexity index is 675. The third-order valence-electron chi connectivity index (χ3n) is 3.08. The van der Waals surface area contributed by atoms with Gasteiger partial charge in [-0.05, 0) is 24.7 Å². The molecular weight excluding hydrogens is 329 g/mol. The summed E-state index contributed by atoms with van der Waals surface area (Å²) in [6.45, 7) is 1.99. The van der Waals surface area contributed by atoms with Gasteiger partial charge in [0.15, 0.2) is 0 Å². The molecule has 1 aromatic carbocycles. The minimum atomic E-state index is -0.660. The third kappa shape index (κ3) is 3.76. The molecule has 0 fully saturated rings. The van der Waals surface area contributed by atoms with Gasteiger partial charge in [0.1, 0.15) is 6.04 Å². The van der Waals surface area contributed by atoms with Gasteiger partial charge in [-0.25, -0.2) is 4.79 Å². The van der Waals surface area contributed by atoms with Gasteiger partial charge in [-0.2, -0.15) is 0 Å². The van der Waals surface area contributed by atoms with Gasteiger partial charge in [0.25, 0.3) is 0 Å². The van der Waals surface area contributed by atoms with Crippen molar-refractivity contribution in [1.29, 1.82) is 0 Å². The Morgan fingerprint density at radius 2 is 2.09 bits per heavy atom. The lowest BCUT2D eigenvalue weighted by molar-refractivity contribution is -0.147. The molecule has 1 aromatic heterocycles. The van der Waals surface area contributed by atoms with Gasteiger partial charge in [-0.15, -0.1) is 10.2 Å². The van der Waals surface area contributed by atoms with Crippen LogP contribution in [0.2, 0.25) is 10.0 Å². The van der Waals surface area contributed by atoms with E-state index in [4.69, 9.17) is 32.4 Å². The summed E-state index contributed by atoms with van der Waals surface area (Å²) >= 11 is 11.9. The summed E-state index contributed by atoms with van der Waals surface area (Å²) in [7, 11) is 3.08. The highest BCUT2D eigenvalue weighted by atomic mass is 35.5. The molecule has 0 aliphatic heterocycles. The van der Waals surface area contributed by atoms with Crippen molar-refractivity contribution in [2.45, 2.75) is 19.5 Å². The van der Waals surface area contributed by atoms with Crippen molar-refractivity contribution in [3.63, 3.8) is 0 Å². The zero-order valence-corrected chi connectivity index (χ0v) is 13.9. The van der Waals surface area contributed by atoms with Gasteiger partial charge >= 0.3 is 5.97 Å². The van der Waals surface area contributed by atoms with E-state index in [1.807, 2.05) is 0 Å². The van der Waals surface area contributed by atoms with Gasteiger partial charge in [0.05, 0.1) is 23.7 Å². The number of likely N-dealkylation sites (N-methyl/N-ethyl adjacent to an activating group) is 1. The Morgan fingerprint density at radius 3 is 2.64 bits per heavy atom. The van der Waals surface area contributed by atoms with E-state index in [2.05, 4.69) is 10.2 Å². The van der Waals surface area contributed by atoms with Crippen LogP contribution in [0.25, 0.3) is 0 Å². The van der Waals surface area contributed by atoms with Crippen molar-refractivity contribution >= 4 is 29.2 Å². The molecule has 1 atom stereocenters. The first-order valence-corrected chi connectivity index (χ1v) is 7.20. The number of ether oxygens (including phenoxy) is 1. The second kappa shape index (κ2) is 7.09. The van der Waals surface area contributed by atoms with E-state index >= 15 is 0 Å². The fourth-order valence-corrected chi connectivity index (χ4v) is 2.38. The SMILES string of the molecule is COC(=O)C(c1ccc(Cl)c(Cl)c1)N(C)Cc1nnc(C)o1. The van der Waals surface area contributed by atoms with Gasteiger partial charge in [-0.1, -0.05) is 29.3 Å². The van der Waals surface area contributed by atoms with E-state index in [0.29, 0.717) is 33.9 Å². The number of aromatic nitrogens is 2. The fraction of sp³-hybridized carbons (Fsp3) is 0.357. The van der Waals surface area contributed by atoms with Crippen LogP contribution < -0.4 is 0 Å². The van der Waals surface area contributed by atoms with E-state index in [9.17, 15) is 4.79 Å². The third-order valence-corrected chi connectivity index (χ3v) is 3.82. The van der Waals surface area contributed by atoms with Gasteiger partial charge in [0.2, 0.25) is 11.8 Å². The Labute approximate surface area is 138 Å². The first-order valence-electron chi connectivity index (χ1n) is 6.44. The minimum absolute atomic E-state index is 0.293. The summed E-state index contributed by atoms with van der Waals surface area (Å²) in [5, 5.41) is 8.48. The van der Waals surface area contributed by atoms with E-state index in [1.54, 1.807) is 37.1 Å². The lowest BCUT2D eigenvalue weighted by Gasteiger charge is -2.25. The number of hydrogen-bond acceptors (Lipinski definition) is 6. The zero-order chi connectivity index (χ0) is 16.3. The molecule has 0 radical (unpaired) electrons. The van der Waals surface area contributed by atoms with Crippen LogP contribution in [0.5, 0.6) is 0 Å². The lowest BCUT2D eigenvalue weighted by atomic mass is 10.1. The summed E-state index contributed by atoms with van der Waals surface area (Å²) in [4.78, 5) is 13.9. The smallest absolute Gasteiger partial charge is 0.327 e. The summed E-state index contributed by atoms with van der Waals surface area (Å²) in [5.41, 5.74) is 0.667. The van der Waals surface area contributed by atoms with Crippen LogP contribution in [-0.4, -0.2) is 35.2 Å². The van der Waals surface area contributed by atoms with Crippen LogP contribution in [0, 0.1) is 6.92 Å². The van der Waals surface area contributed by atoms with Gasteiger partial charge < -0.3 is 9.15 Å². The average Bonchev–Trinajstić information content (AvgIpc) is 2.88. The highest BCUT2D eigenvalue weighted by molar-refractivity contribution is 6.42. The van der Waals surface area contributed by atoms with Crippen LogP contribution in [0.15, 0.2) is 22.6 Å². The maximum atomic E-state index is 12.1. The molecule has 6 nitrogen and oxygen atoms in total. The molecule has 1 heterocycles. The van der Waals surface area contributed by atoms with Gasteiger partial charge in [0, 0.05) is 6.92 Å². The number of methoxy groups -OCH3 is 1. The van der Waals surface area contributed by atoms with Crippen molar-refractivity contribution in [3.05, 3.63) is 45.6 Å². The molecule has 1 unspecified atom stereocenters. The largest absolute Gasteiger partial charge is 0.468 e. The van der Waals surface area contributed by atoms with Gasteiger partial charge in [-0.3, -0.25) is 4.90 Å². The van der Waals surface area contributed by atoms with Crippen molar-refractivity contribution in [2.24, 2.45) is 0 Å². The molecule has 0 N–H and O–H groups in total. The van der Waals surface area contributed by atoms with Crippen LogP contribution in [0.3, 0.4) is 0 Å². The molecule has 0 aliphatic carbocycles. The molecule has 0 aliphatic rings. The number of nitrogens with zero attached hydrogens (tertiary/aromatic N) is 3. The number of halogens is 2. The monoisotopic (exact) mass is 343 g/mol. The van der Waals surface area contributed by atoms with Crippen molar-refractivity contribution in [1.82, 2.24) is 15.1 Å². The summed E-state index contributed by atoms with van der Waals surface area (Å²) in [5.74, 6) is 0.457. The topological polar surface area (TPSA) is 68.5 Å². The van der Waals surface area contributed by atoms with E-state index in [1.165, 1.54) is 7.11 Å². The normalized spacial score (nSPS) is 12.5. The van der Waals surface area contributed by atoms with Crippen molar-refractivity contribution in [3.8, 4) is 0 Å². The number of hydrogen-bond donors (Lipinski definition) is 0. The number of aryl methyl sites for hydroxylation is 1. The minimum Gasteiger partial charge on any atom is -0.468 e. The predicted octanol–water partition coefficient (Wildman–Crippen LogP) is 3.03. The van der Waals surface area contributed by atoms with Crippen LogP contribution >= 0.6 is 23.2 Å². The van der Waals surface area contributed by atoms with Crippen LogP contribution in [0.4, 0.5) is 0 Å². The molecule has 2 aromatic rings. The average molecular weight is 344 g/mol. The zero-order valence-electron chi connectivity index (χ0n) is 12.3. The molecule has 118 valence electrons. The Hall–Kier alpha value is -1.63. The first-order chi connectivity index (χ1) is 10.4. The second-order valence-electron chi connectivity index (χ2n) is 4.73. The van der Waals surface area contributed by atoms with Crippen molar-refractivity contribution in [2.75, 3.05) is 14.2 Å². The highest BCUT2D eigenvalue weighted by Gasteiger charge is 2.27. The maximum Gasteiger partial charge on any atom is 0.327 e. The van der Waals surface area contributed by atoms with Crippen LogP contribution in [-0.2, 0) is 16.1 Å². The number of carbonyl (C=O) groups excluding carboxylic acids is 1. The second-order valence-corrected chi connectivity index (χ2v) is 5.54. The first kappa shape index (κ1) is 16.7. The molecule has 22 heavy (non-hydrogen) atoms. The summed E-state index contributed by atoms with van der Waals surface area (Å²) < 4.78 is 10.2. The molecule has 8 heteroatoms. The Balaban J connectivity index is 2.28. The standard InChI is InChI=1S/C14H15Cl2N3O3/c1-8-17-18-12(22-8)7-19(2)13(14(20)21-3)9-4-5-10(15)11(16)6-9/h4-6,13H,7H2,1-3H3.